The Kier molecular flexibility index (Phi) is 11.5. The quantitative estimate of drug-likeness (QED) is 0.266. The van der Waals surface area contributed by atoms with Gasteiger partial charge in [-0.25, -0.2) is 17.5 Å². The Bertz CT molecular complexity index is 1280. The third kappa shape index (κ3) is 8.15. The van der Waals surface area contributed by atoms with Gasteiger partial charge in [-0.3, -0.25) is 0 Å². The van der Waals surface area contributed by atoms with Gasteiger partial charge in [0.05, 0.1) is 17.1 Å². The lowest BCUT2D eigenvalue weighted by Crippen LogP contribution is -2.36. The average molecular weight is 571 g/mol. The summed E-state index contributed by atoms with van der Waals surface area (Å²) < 4.78 is 33.2. The highest BCUT2D eigenvalue weighted by molar-refractivity contribution is 7.89. The first kappa shape index (κ1) is 30.8. The molecule has 0 radical (unpaired) electrons. The van der Waals surface area contributed by atoms with E-state index >= 15 is 0 Å². The summed E-state index contributed by atoms with van der Waals surface area (Å²) in [5.74, 6) is 0.160. The van der Waals surface area contributed by atoms with Crippen LogP contribution < -0.4 is 0 Å². The molecular weight excluding hydrogens is 532 g/mol. The predicted molar refractivity (Wildman–Crippen MR) is 158 cm³/mol. The summed E-state index contributed by atoms with van der Waals surface area (Å²) in [5, 5.41) is 0. The molecule has 6 nitrogen and oxygen atoms in total. The van der Waals surface area contributed by atoms with E-state index in [1.54, 1.807) is 44.3 Å². The van der Waals surface area contributed by atoms with E-state index in [9.17, 15) is 13.2 Å². The van der Waals surface area contributed by atoms with Crippen molar-refractivity contribution in [1.82, 2.24) is 9.21 Å². The Morgan fingerprint density at radius 3 is 2.26 bits per heavy atom. The Hall–Kier alpha value is -2.71. The van der Waals surface area contributed by atoms with E-state index in [1.807, 2.05) is 24.3 Å². The highest BCUT2D eigenvalue weighted by atomic mass is 35.5. The van der Waals surface area contributed by atoms with Crippen LogP contribution in [0.15, 0.2) is 89.8 Å². The molecule has 1 aliphatic rings. The molecule has 0 unspecified atom stereocenters. The van der Waals surface area contributed by atoms with Gasteiger partial charge in [-0.05, 0) is 93.0 Å². The number of sulfonamides is 1. The molecular formula is C31H39ClN2O4S. The van der Waals surface area contributed by atoms with Crippen molar-refractivity contribution in [2.45, 2.75) is 42.9 Å². The first-order chi connectivity index (χ1) is 18.4. The van der Waals surface area contributed by atoms with Crippen molar-refractivity contribution in [1.29, 1.82) is 0 Å². The van der Waals surface area contributed by atoms with Crippen LogP contribution >= 0.6 is 12.4 Å². The summed E-state index contributed by atoms with van der Waals surface area (Å²) in [6.07, 6.45) is 3.03. The molecule has 39 heavy (non-hydrogen) atoms. The number of piperidine rings is 1. The van der Waals surface area contributed by atoms with Crippen LogP contribution in [0.4, 0.5) is 0 Å². The number of hydrogen-bond acceptors (Lipinski definition) is 5. The maximum absolute atomic E-state index is 13.3. The molecule has 1 fully saturated rings. The number of likely N-dealkylation sites (tertiary alicyclic amines) is 1. The maximum Gasteiger partial charge on any atom is 0.338 e. The molecule has 8 heteroatoms. The third-order valence-electron chi connectivity index (χ3n) is 7.45. The molecule has 4 rings (SSSR count). The number of esters is 1. The van der Waals surface area contributed by atoms with Crippen molar-refractivity contribution in [3.05, 3.63) is 102 Å². The molecule has 0 aromatic heterocycles. The molecule has 0 aliphatic carbocycles. The monoisotopic (exact) mass is 570 g/mol. The van der Waals surface area contributed by atoms with Crippen molar-refractivity contribution in [3.8, 4) is 0 Å². The number of carbonyl (C=O) groups excluding carboxylic acids is 1. The second kappa shape index (κ2) is 14.6. The molecule has 0 saturated carbocycles. The largest absolute Gasteiger partial charge is 0.462 e. The van der Waals surface area contributed by atoms with Crippen molar-refractivity contribution in [2.75, 3.05) is 39.8 Å². The molecule has 1 saturated heterocycles. The SMILES string of the molecule is CCOC(=O)c1cccc([C@@H](CCN2CCC(c3ccccc3)CC2)CN(C)S(=O)(=O)c2ccccc2)c1.Cl. The van der Waals surface area contributed by atoms with Crippen LogP contribution in [-0.4, -0.2) is 63.4 Å². The number of ether oxygens (including phenoxy) is 1. The molecule has 3 aromatic carbocycles. The highest BCUT2D eigenvalue weighted by Crippen LogP contribution is 2.30. The van der Waals surface area contributed by atoms with Gasteiger partial charge < -0.3 is 9.64 Å². The number of carbonyl (C=O) groups is 1. The highest BCUT2D eigenvalue weighted by Gasteiger charge is 2.27. The minimum atomic E-state index is -3.63. The van der Waals surface area contributed by atoms with Crippen LogP contribution in [0.1, 0.15) is 59.5 Å². The summed E-state index contributed by atoms with van der Waals surface area (Å²) in [7, 11) is -2.00. The minimum Gasteiger partial charge on any atom is -0.462 e. The summed E-state index contributed by atoms with van der Waals surface area (Å²) in [4.78, 5) is 15.2. The predicted octanol–water partition coefficient (Wildman–Crippen LogP) is 5.96. The molecule has 1 heterocycles. The van der Waals surface area contributed by atoms with Crippen molar-refractivity contribution >= 4 is 28.4 Å². The van der Waals surface area contributed by atoms with Crippen LogP contribution in [-0.2, 0) is 14.8 Å². The Labute approximate surface area is 239 Å². The summed E-state index contributed by atoms with van der Waals surface area (Å²) in [5.41, 5.74) is 2.85. The maximum atomic E-state index is 13.3. The standard InChI is InChI=1S/C31H38N2O4S.ClH/c1-3-37-31(34)28-14-10-13-27(23-28)29(24-32(2)38(35,36)30-15-8-5-9-16-30)19-22-33-20-17-26(18-21-33)25-11-6-4-7-12-25;/h4-16,23,26,29H,3,17-22,24H2,1-2H3;1H/t29-;/m0./s1. The Balaban J connectivity index is 0.00000420. The number of hydrogen-bond donors (Lipinski definition) is 0. The molecule has 1 aliphatic heterocycles. The van der Waals surface area contributed by atoms with Crippen LogP contribution in [0.5, 0.6) is 0 Å². The lowest BCUT2D eigenvalue weighted by molar-refractivity contribution is 0.0526. The van der Waals surface area contributed by atoms with E-state index in [4.69, 9.17) is 4.74 Å². The second-order valence-electron chi connectivity index (χ2n) is 9.96. The van der Waals surface area contributed by atoms with Crippen molar-refractivity contribution in [2.24, 2.45) is 0 Å². The first-order valence-corrected chi connectivity index (χ1v) is 14.9. The molecule has 1 atom stereocenters. The van der Waals surface area contributed by atoms with Gasteiger partial charge >= 0.3 is 5.97 Å². The number of likely N-dealkylation sites (N-methyl/N-ethyl adjacent to an activating group) is 1. The lowest BCUT2D eigenvalue weighted by Gasteiger charge is -2.33. The Morgan fingerprint density at radius 2 is 1.62 bits per heavy atom. The molecule has 0 bridgehead atoms. The smallest absolute Gasteiger partial charge is 0.338 e. The van der Waals surface area contributed by atoms with Crippen molar-refractivity contribution in [3.63, 3.8) is 0 Å². The van der Waals surface area contributed by atoms with Gasteiger partial charge in [-0.2, -0.15) is 0 Å². The molecule has 0 amide bonds. The van der Waals surface area contributed by atoms with Gasteiger partial charge in [0.25, 0.3) is 0 Å². The van der Waals surface area contributed by atoms with Crippen LogP contribution in [0, 0.1) is 0 Å². The van der Waals surface area contributed by atoms with Crippen LogP contribution in [0.2, 0.25) is 0 Å². The van der Waals surface area contributed by atoms with Gasteiger partial charge in [-0.15, -0.1) is 12.4 Å². The fourth-order valence-electron chi connectivity index (χ4n) is 5.23. The van der Waals surface area contributed by atoms with Crippen LogP contribution in [0.3, 0.4) is 0 Å². The van der Waals surface area contributed by atoms with Crippen LogP contribution in [0.25, 0.3) is 0 Å². The first-order valence-electron chi connectivity index (χ1n) is 13.4. The van der Waals surface area contributed by atoms with E-state index < -0.39 is 10.0 Å². The Morgan fingerprint density at radius 1 is 0.974 bits per heavy atom. The topological polar surface area (TPSA) is 66.9 Å². The van der Waals surface area contributed by atoms with E-state index in [-0.39, 0.29) is 29.2 Å². The van der Waals surface area contributed by atoms with E-state index in [0.29, 0.717) is 24.6 Å². The number of rotatable bonds is 11. The zero-order valence-electron chi connectivity index (χ0n) is 22.7. The molecule has 3 aromatic rings. The fraction of sp³-hybridized carbons (Fsp3) is 0.387. The second-order valence-corrected chi connectivity index (χ2v) is 12.0. The van der Waals surface area contributed by atoms with Gasteiger partial charge in [0.1, 0.15) is 0 Å². The fourth-order valence-corrected chi connectivity index (χ4v) is 6.47. The minimum absolute atomic E-state index is 0. The molecule has 210 valence electrons. The van der Waals surface area contributed by atoms with Gasteiger partial charge in [-0.1, -0.05) is 60.7 Å². The van der Waals surface area contributed by atoms with Gasteiger partial charge in [0.15, 0.2) is 0 Å². The van der Waals surface area contributed by atoms with Gasteiger partial charge in [0.2, 0.25) is 10.0 Å². The summed E-state index contributed by atoms with van der Waals surface area (Å²) >= 11 is 0. The molecule has 0 N–H and O–H groups in total. The summed E-state index contributed by atoms with van der Waals surface area (Å²) in [6.45, 7) is 5.33. The third-order valence-corrected chi connectivity index (χ3v) is 9.29. The number of nitrogens with zero attached hydrogens (tertiary/aromatic N) is 2. The zero-order chi connectivity index (χ0) is 27.0. The van der Waals surface area contributed by atoms with E-state index in [0.717, 1.165) is 44.5 Å². The normalized spacial score (nSPS) is 15.5. The molecule has 0 spiro atoms. The van der Waals surface area contributed by atoms with E-state index in [1.165, 1.54) is 9.87 Å². The van der Waals surface area contributed by atoms with Crippen molar-refractivity contribution < 1.29 is 17.9 Å². The van der Waals surface area contributed by atoms with E-state index in [2.05, 4.69) is 35.2 Å². The average Bonchev–Trinajstić information content (AvgIpc) is 2.96. The lowest BCUT2D eigenvalue weighted by atomic mass is 9.89. The summed E-state index contributed by atoms with van der Waals surface area (Å²) in [6, 6.07) is 26.7. The number of benzene rings is 3. The zero-order valence-corrected chi connectivity index (χ0v) is 24.4. The van der Waals surface area contributed by atoms with Gasteiger partial charge in [0, 0.05) is 13.6 Å². The number of halogens is 1.